The third-order valence-corrected chi connectivity index (χ3v) is 6.10. The molecule has 0 aromatic heterocycles. The van der Waals surface area contributed by atoms with Gasteiger partial charge in [0.2, 0.25) is 10.0 Å². The van der Waals surface area contributed by atoms with Crippen molar-refractivity contribution in [3.63, 3.8) is 0 Å². The monoisotopic (exact) mass is 359 g/mol. The molecule has 2 rings (SSSR count). The molecule has 1 aliphatic rings. The van der Waals surface area contributed by atoms with Gasteiger partial charge in [-0.25, -0.2) is 12.8 Å². The number of nitrogens with one attached hydrogen (secondary N) is 1. The second-order valence-corrected chi connectivity index (χ2v) is 7.76. The van der Waals surface area contributed by atoms with Crippen LogP contribution in [0.4, 0.5) is 4.39 Å². The molecule has 0 unspecified atom stereocenters. The molecule has 1 aromatic carbocycles. The highest BCUT2D eigenvalue weighted by Gasteiger charge is 2.29. The molecule has 0 aliphatic carbocycles. The number of thiocarbonyl (C=S) groups is 1. The Balaban J connectivity index is 1.93. The predicted octanol–water partition coefficient (Wildman–Crippen LogP) is 1.81. The second kappa shape index (κ2) is 8.03. The Hall–Kier alpha value is -1.25. The average Bonchev–Trinajstić information content (AvgIpc) is 2.55. The van der Waals surface area contributed by atoms with Gasteiger partial charge >= 0.3 is 0 Å². The topological polar surface area (TPSA) is 52.6 Å². The van der Waals surface area contributed by atoms with Crippen molar-refractivity contribution in [2.75, 3.05) is 32.7 Å². The van der Waals surface area contributed by atoms with Gasteiger partial charge in [-0.1, -0.05) is 13.3 Å². The van der Waals surface area contributed by atoms with E-state index in [-0.39, 0.29) is 4.90 Å². The quantitative estimate of drug-likeness (QED) is 0.642. The van der Waals surface area contributed by atoms with E-state index in [0.29, 0.717) is 31.3 Å². The molecule has 1 fully saturated rings. The van der Waals surface area contributed by atoms with E-state index in [4.69, 9.17) is 12.2 Å². The molecule has 1 aromatic rings. The number of halogens is 1. The van der Waals surface area contributed by atoms with Crippen molar-refractivity contribution < 1.29 is 12.8 Å². The van der Waals surface area contributed by atoms with Gasteiger partial charge < -0.3 is 10.2 Å². The number of piperazine rings is 1. The fraction of sp³-hybridized carbons (Fsp3) is 0.533. The molecule has 0 bridgehead atoms. The lowest BCUT2D eigenvalue weighted by atomic mass is 10.3. The Kier molecular flexibility index (Phi) is 6.32. The molecule has 0 amide bonds. The summed E-state index contributed by atoms with van der Waals surface area (Å²) in [5.74, 6) is -0.447. The van der Waals surface area contributed by atoms with E-state index in [1.807, 2.05) is 4.90 Å². The first-order valence-corrected chi connectivity index (χ1v) is 9.58. The number of hydrogen-bond acceptors (Lipinski definition) is 3. The van der Waals surface area contributed by atoms with Crippen molar-refractivity contribution >= 4 is 27.4 Å². The van der Waals surface area contributed by atoms with Crippen molar-refractivity contribution in [1.29, 1.82) is 0 Å². The van der Waals surface area contributed by atoms with Gasteiger partial charge in [-0.3, -0.25) is 0 Å². The smallest absolute Gasteiger partial charge is 0.243 e. The van der Waals surface area contributed by atoms with E-state index in [2.05, 4.69) is 12.2 Å². The minimum Gasteiger partial charge on any atom is -0.363 e. The molecule has 8 heteroatoms. The lowest BCUT2D eigenvalue weighted by Gasteiger charge is -2.35. The lowest BCUT2D eigenvalue weighted by Crippen LogP contribution is -2.53. The molecule has 0 atom stereocenters. The highest BCUT2D eigenvalue weighted by Crippen LogP contribution is 2.18. The molecule has 1 heterocycles. The van der Waals surface area contributed by atoms with E-state index in [1.54, 1.807) is 0 Å². The zero-order chi connectivity index (χ0) is 16.9. The summed E-state index contributed by atoms with van der Waals surface area (Å²) < 4.78 is 39.4. The summed E-state index contributed by atoms with van der Waals surface area (Å²) in [4.78, 5) is 2.11. The maximum absolute atomic E-state index is 12.9. The predicted molar refractivity (Wildman–Crippen MR) is 92.2 cm³/mol. The molecule has 23 heavy (non-hydrogen) atoms. The molecular weight excluding hydrogens is 337 g/mol. The lowest BCUT2D eigenvalue weighted by molar-refractivity contribution is 0.264. The Morgan fingerprint density at radius 3 is 2.39 bits per heavy atom. The van der Waals surface area contributed by atoms with Gasteiger partial charge in [0.25, 0.3) is 0 Å². The Bertz CT molecular complexity index is 627. The Labute approximate surface area is 142 Å². The zero-order valence-corrected chi connectivity index (χ0v) is 14.8. The van der Waals surface area contributed by atoms with Crippen LogP contribution >= 0.6 is 12.2 Å². The van der Waals surface area contributed by atoms with Gasteiger partial charge in [0.1, 0.15) is 5.82 Å². The van der Waals surface area contributed by atoms with Crippen molar-refractivity contribution in [2.45, 2.75) is 24.7 Å². The van der Waals surface area contributed by atoms with Gasteiger partial charge in [0.05, 0.1) is 4.90 Å². The number of sulfonamides is 1. The highest BCUT2D eigenvalue weighted by atomic mass is 32.2. The minimum atomic E-state index is -3.57. The Morgan fingerprint density at radius 2 is 1.83 bits per heavy atom. The minimum absolute atomic E-state index is 0.121. The summed E-state index contributed by atoms with van der Waals surface area (Å²) >= 11 is 5.33. The molecule has 5 nitrogen and oxygen atoms in total. The molecule has 128 valence electrons. The van der Waals surface area contributed by atoms with Crippen LogP contribution in [-0.4, -0.2) is 55.5 Å². The average molecular weight is 359 g/mol. The zero-order valence-electron chi connectivity index (χ0n) is 13.2. The largest absolute Gasteiger partial charge is 0.363 e. The van der Waals surface area contributed by atoms with E-state index in [0.717, 1.165) is 31.5 Å². The van der Waals surface area contributed by atoms with Crippen LogP contribution in [0.3, 0.4) is 0 Å². The van der Waals surface area contributed by atoms with Gasteiger partial charge in [0, 0.05) is 32.7 Å². The van der Waals surface area contributed by atoms with Gasteiger partial charge in [0.15, 0.2) is 5.11 Å². The third kappa shape index (κ3) is 4.62. The number of unbranched alkanes of at least 4 members (excludes halogenated alkanes) is 1. The number of benzene rings is 1. The van der Waals surface area contributed by atoms with Crippen molar-refractivity contribution in [2.24, 2.45) is 0 Å². The summed E-state index contributed by atoms with van der Waals surface area (Å²) in [5, 5.41) is 3.87. The summed E-state index contributed by atoms with van der Waals surface area (Å²) in [6.45, 7) is 4.80. The number of hydrogen-bond donors (Lipinski definition) is 1. The fourth-order valence-corrected chi connectivity index (χ4v) is 4.08. The summed E-state index contributed by atoms with van der Waals surface area (Å²) in [5.41, 5.74) is 0. The molecule has 0 spiro atoms. The summed E-state index contributed by atoms with van der Waals surface area (Å²) in [6.07, 6.45) is 2.15. The maximum atomic E-state index is 12.9. The van der Waals surface area contributed by atoms with Gasteiger partial charge in [-0.2, -0.15) is 4.31 Å². The van der Waals surface area contributed by atoms with Crippen LogP contribution in [0.2, 0.25) is 0 Å². The van der Waals surface area contributed by atoms with Crippen molar-refractivity contribution in [3.05, 3.63) is 30.1 Å². The van der Waals surface area contributed by atoms with Crippen molar-refractivity contribution in [3.8, 4) is 0 Å². The molecule has 0 radical (unpaired) electrons. The van der Waals surface area contributed by atoms with Crippen LogP contribution in [0.25, 0.3) is 0 Å². The third-order valence-electron chi connectivity index (χ3n) is 3.78. The van der Waals surface area contributed by atoms with Crippen LogP contribution in [-0.2, 0) is 10.0 Å². The number of nitrogens with zero attached hydrogens (tertiary/aromatic N) is 2. The van der Waals surface area contributed by atoms with E-state index in [9.17, 15) is 12.8 Å². The summed E-state index contributed by atoms with van der Waals surface area (Å²) in [7, 11) is -3.57. The first kappa shape index (κ1) is 18.1. The standard InChI is InChI=1S/C15H22FN3O2S2/c1-2-3-8-17-15(22)18-9-11-19(12-10-18)23(20,21)14-6-4-13(16)5-7-14/h4-7H,2-3,8-12H2,1H3,(H,17,22). The molecule has 1 saturated heterocycles. The molecule has 1 aliphatic heterocycles. The van der Waals surface area contributed by atoms with Crippen LogP contribution in [0.15, 0.2) is 29.2 Å². The Morgan fingerprint density at radius 1 is 1.22 bits per heavy atom. The van der Waals surface area contributed by atoms with Crippen LogP contribution in [0, 0.1) is 5.82 Å². The van der Waals surface area contributed by atoms with Gasteiger partial charge in [-0.05, 0) is 42.9 Å². The highest BCUT2D eigenvalue weighted by molar-refractivity contribution is 7.89. The van der Waals surface area contributed by atoms with E-state index >= 15 is 0 Å². The normalized spacial score (nSPS) is 16.3. The first-order chi connectivity index (χ1) is 10.9. The van der Waals surface area contributed by atoms with Crippen LogP contribution in [0.1, 0.15) is 19.8 Å². The molecule has 0 saturated carbocycles. The van der Waals surface area contributed by atoms with Crippen molar-refractivity contribution in [1.82, 2.24) is 14.5 Å². The fourth-order valence-electron chi connectivity index (χ4n) is 2.37. The molecular formula is C15H22FN3O2S2. The summed E-state index contributed by atoms with van der Waals surface area (Å²) in [6, 6.07) is 4.92. The maximum Gasteiger partial charge on any atom is 0.243 e. The molecule has 1 N–H and O–H groups in total. The van der Waals surface area contributed by atoms with E-state index < -0.39 is 15.8 Å². The van der Waals surface area contributed by atoms with E-state index in [1.165, 1.54) is 16.4 Å². The SMILES string of the molecule is CCCCNC(=S)N1CCN(S(=O)(=O)c2ccc(F)cc2)CC1. The number of rotatable bonds is 5. The first-order valence-electron chi connectivity index (χ1n) is 7.73. The van der Waals surface area contributed by atoms with Crippen LogP contribution < -0.4 is 5.32 Å². The van der Waals surface area contributed by atoms with Crippen LogP contribution in [0.5, 0.6) is 0 Å². The second-order valence-electron chi connectivity index (χ2n) is 5.43. The van der Waals surface area contributed by atoms with Gasteiger partial charge in [-0.15, -0.1) is 0 Å².